The van der Waals surface area contributed by atoms with Gasteiger partial charge in [-0.05, 0) is 60.7 Å². The van der Waals surface area contributed by atoms with Gasteiger partial charge in [-0.3, -0.25) is 14.7 Å². The summed E-state index contributed by atoms with van der Waals surface area (Å²) in [6.07, 6.45) is 3.24. The van der Waals surface area contributed by atoms with Crippen LogP contribution in [0, 0.1) is 0 Å². The number of nitrogens with zero attached hydrogens (tertiary/aromatic N) is 3. The van der Waals surface area contributed by atoms with Gasteiger partial charge in [0.05, 0.1) is 50.6 Å². The second kappa shape index (κ2) is 18.2. The van der Waals surface area contributed by atoms with Crippen LogP contribution in [0.25, 0.3) is 11.8 Å². The predicted molar refractivity (Wildman–Crippen MR) is 131 cm³/mol. The molecule has 214 valence electrons. The van der Waals surface area contributed by atoms with Gasteiger partial charge in [0.1, 0.15) is 25.9 Å². The Hall–Kier alpha value is -0.720. The van der Waals surface area contributed by atoms with Gasteiger partial charge in [-0.1, -0.05) is 6.08 Å². The molecule has 16 nitrogen and oxygen atoms in total. The molecule has 1 aromatic heterocycles. The van der Waals surface area contributed by atoms with Gasteiger partial charge in [-0.25, -0.2) is 21.5 Å². The Balaban J connectivity index is 0.00000484. The molecule has 3 aromatic rings. The molecule has 0 radical (unpaired) electrons. The van der Waals surface area contributed by atoms with E-state index in [4.69, 9.17) is 0 Å². The van der Waals surface area contributed by atoms with Crippen molar-refractivity contribution in [1.82, 2.24) is 9.78 Å². The summed E-state index contributed by atoms with van der Waals surface area (Å²) in [4.78, 5) is 40.3. The van der Waals surface area contributed by atoms with Crippen LogP contribution in [0.5, 0.6) is 0 Å². The zero-order chi connectivity index (χ0) is 30.1. The van der Waals surface area contributed by atoms with E-state index in [1.54, 1.807) is 0 Å². The number of allylic oxidation sites excluding steroid dienone is 2. The van der Waals surface area contributed by atoms with Crippen molar-refractivity contribution in [2.24, 2.45) is 5.10 Å². The summed E-state index contributed by atoms with van der Waals surface area (Å²) in [5, 5.41) is 29.3. The number of carbonyl (C=O) groups is 2. The molecule has 1 aliphatic heterocycles. The molecular weight excluding hydrogens is 680 g/mol. The number of H-pyrrole nitrogens is 1. The van der Waals surface area contributed by atoms with Crippen molar-refractivity contribution >= 4 is 49.6 Å². The number of carboxylic acids is 1. The van der Waals surface area contributed by atoms with E-state index in [0.717, 1.165) is 71.4 Å². The summed E-state index contributed by atoms with van der Waals surface area (Å²) in [6, 6.07) is 8.21. The largest absolute Gasteiger partial charge is 1.00 e. The Morgan fingerprint density at radius 2 is 1.36 bits per heavy atom. The third-order valence-electron chi connectivity index (χ3n) is 5.56. The van der Waals surface area contributed by atoms with Crippen molar-refractivity contribution in [2.45, 2.75) is 16.4 Å². The number of benzene rings is 2. The summed E-state index contributed by atoms with van der Waals surface area (Å²) in [5.41, 5.74) is -2.18. The van der Waals surface area contributed by atoms with Crippen molar-refractivity contribution in [2.75, 3.05) is 5.01 Å². The molecule has 2 aromatic carbocycles. The number of carbonyl (C=O) groups excluding carboxylic acids is 2. The van der Waals surface area contributed by atoms with E-state index in [-0.39, 0.29) is 141 Å². The minimum atomic E-state index is -4.77. The SMILES string of the molecule is O=C([O-])C1=NN(c2ccc(S(=O)(=O)[O-])cc2)C(=O)/C1=C\C=C\c1c(CO[O-])[nH]n(-c2ccc(S(=O)(=O)[O-])cc2)c1=O.[Na+].[Na+].[Na+].[Na+]. The Morgan fingerprint density at radius 1 is 0.867 bits per heavy atom. The first kappa shape index (κ1) is 44.3. The number of hydrazone groups is 1. The molecule has 0 atom stereocenters. The van der Waals surface area contributed by atoms with E-state index in [9.17, 15) is 50.7 Å². The average Bonchev–Trinajstić information content (AvgIpc) is 3.40. The Labute approximate surface area is 343 Å². The topological polar surface area (TPSA) is 257 Å². The number of aliphatic carboxylic acids is 1. The molecule has 2 heterocycles. The summed E-state index contributed by atoms with van der Waals surface area (Å²) in [5.74, 6) is -2.79. The Kier molecular flexibility index (Phi) is 17.9. The molecule has 4 rings (SSSR count). The summed E-state index contributed by atoms with van der Waals surface area (Å²) in [6.45, 7) is -0.626. The quantitative estimate of drug-likeness (QED) is 0.0720. The first-order chi connectivity index (χ1) is 19.2. The van der Waals surface area contributed by atoms with Gasteiger partial charge in [-0.15, -0.1) is 0 Å². The third-order valence-corrected chi connectivity index (χ3v) is 7.26. The molecule has 1 amide bonds. The number of aromatic amines is 1. The molecule has 1 aliphatic rings. The van der Waals surface area contributed by atoms with Crippen molar-refractivity contribution in [3.05, 3.63) is 87.9 Å². The van der Waals surface area contributed by atoms with E-state index in [1.165, 1.54) is 0 Å². The number of hydrogen-bond donors (Lipinski definition) is 1. The van der Waals surface area contributed by atoms with Crippen LogP contribution in [-0.2, 0) is 41.3 Å². The monoisotopic (exact) mass is 694 g/mol. The van der Waals surface area contributed by atoms with Crippen molar-refractivity contribution in [3.8, 4) is 5.69 Å². The normalized spacial score (nSPS) is 13.8. The molecule has 0 saturated heterocycles. The van der Waals surface area contributed by atoms with Gasteiger partial charge in [0.15, 0.2) is 0 Å². The van der Waals surface area contributed by atoms with Gasteiger partial charge in [0.25, 0.3) is 11.5 Å². The summed E-state index contributed by atoms with van der Waals surface area (Å²) in [7, 11) is -9.51. The van der Waals surface area contributed by atoms with Crippen LogP contribution in [0.2, 0.25) is 0 Å². The minimum absolute atomic E-state index is 0. The average molecular weight is 694 g/mol. The van der Waals surface area contributed by atoms with E-state index < -0.39 is 65.4 Å². The van der Waals surface area contributed by atoms with Crippen molar-refractivity contribution < 1.29 is 169 Å². The van der Waals surface area contributed by atoms with Gasteiger partial charge < -0.3 is 29.2 Å². The van der Waals surface area contributed by atoms with Crippen LogP contribution in [0.4, 0.5) is 5.69 Å². The predicted octanol–water partition coefficient (Wildman–Crippen LogP) is -14.1. The first-order valence-corrected chi connectivity index (χ1v) is 13.8. The molecule has 0 unspecified atom stereocenters. The zero-order valence-electron chi connectivity index (χ0n) is 24.1. The molecule has 0 spiro atoms. The fourth-order valence-corrected chi connectivity index (χ4v) is 4.60. The molecule has 0 bridgehead atoms. The fourth-order valence-electron chi connectivity index (χ4n) is 3.67. The van der Waals surface area contributed by atoms with Crippen LogP contribution >= 0.6 is 0 Å². The van der Waals surface area contributed by atoms with Crippen LogP contribution in [-0.4, -0.2) is 53.3 Å². The van der Waals surface area contributed by atoms with Crippen LogP contribution in [0.15, 0.2) is 85.9 Å². The summed E-state index contributed by atoms with van der Waals surface area (Å²) < 4.78 is 67.8. The molecule has 22 heteroatoms. The number of anilines is 1. The molecular formula is C23H14N4Na4O12S2. The first-order valence-electron chi connectivity index (χ1n) is 11.0. The third kappa shape index (κ3) is 10.4. The van der Waals surface area contributed by atoms with E-state index in [1.807, 2.05) is 0 Å². The van der Waals surface area contributed by atoms with Crippen LogP contribution in [0.3, 0.4) is 0 Å². The second-order valence-electron chi connectivity index (χ2n) is 8.10. The van der Waals surface area contributed by atoms with E-state index in [2.05, 4.69) is 15.1 Å². The zero-order valence-corrected chi connectivity index (χ0v) is 33.7. The maximum Gasteiger partial charge on any atom is 1.00 e. The number of aromatic nitrogens is 2. The number of hydrogen-bond acceptors (Lipinski definition) is 13. The standard InChI is InChI=1S/C23H18N4O12S2.4Na/c28-21-17(19(12-39-32)24-26(21)13-4-8-15(9-5-13)40(33,34)35)2-1-3-18-20(23(30)31)25-27(22(18)29)14-6-10-16(11-7-14)41(36,37)38;;;;/h1-11,24,32H,12H2,(H,30,31)(H,33,34,35)(H,36,37,38);;;;/q;4*+1/p-4/b2-1+,18-3-;;;;. The molecule has 1 N–H and O–H groups in total. The van der Waals surface area contributed by atoms with Gasteiger partial charge in [0, 0.05) is 0 Å². The number of carboxylic acid groups (broad SMARTS) is 1. The maximum atomic E-state index is 13.0. The number of amides is 1. The Morgan fingerprint density at radius 3 is 1.80 bits per heavy atom. The van der Waals surface area contributed by atoms with E-state index >= 15 is 0 Å². The second-order valence-corrected chi connectivity index (χ2v) is 10.9. The number of nitrogens with one attached hydrogen (secondary N) is 1. The summed E-state index contributed by atoms with van der Waals surface area (Å²) >= 11 is 0. The molecule has 0 aliphatic carbocycles. The van der Waals surface area contributed by atoms with Crippen molar-refractivity contribution in [1.29, 1.82) is 0 Å². The van der Waals surface area contributed by atoms with Gasteiger partial charge in [0.2, 0.25) is 0 Å². The minimum Gasteiger partial charge on any atom is -0.744 e. The van der Waals surface area contributed by atoms with Crippen molar-refractivity contribution in [3.63, 3.8) is 0 Å². The van der Waals surface area contributed by atoms with Crippen LogP contribution < -0.4 is 139 Å². The molecule has 45 heavy (non-hydrogen) atoms. The fraction of sp³-hybridized carbons (Fsp3) is 0.0435. The van der Waals surface area contributed by atoms with Gasteiger partial charge >= 0.3 is 118 Å². The van der Waals surface area contributed by atoms with Gasteiger partial charge in [-0.2, -0.15) is 10.1 Å². The number of rotatable bonds is 9. The maximum absolute atomic E-state index is 13.0. The Bertz CT molecular complexity index is 1920. The smallest absolute Gasteiger partial charge is 0.744 e. The molecule has 0 saturated carbocycles. The van der Waals surface area contributed by atoms with Crippen LogP contribution in [0.1, 0.15) is 11.3 Å². The molecule has 0 fully saturated rings. The van der Waals surface area contributed by atoms with E-state index in [0.29, 0.717) is 5.01 Å².